The van der Waals surface area contributed by atoms with E-state index >= 15 is 0 Å². The fourth-order valence-corrected chi connectivity index (χ4v) is 3.71. The molecule has 2 aliphatic heterocycles. The van der Waals surface area contributed by atoms with E-state index in [1.54, 1.807) is 5.01 Å². The van der Waals surface area contributed by atoms with Crippen LogP contribution in [0.1, 0.15) is 33.9 Å². The number of fused-ring (bicyclic) bond motifs is 3. The lowest BCUT2D eigenvalue weighted by atomic mass is 9.96. The molecule has 0 spiro atoms. The minimum absolute atomic E-state index is 0.0107. The molecule has 3 aromatic carbocycles. The van der Waals surface area contributed by atoms with Crippen molar-refractivity contribution in [3.05, 3.63) is 95.6 Å². The van der Waals surface area contributed by atoms with Gasteiger partial charge in [0.1, 0.15) is 0 Å². The van der Waals surface area contributed by atoms with E-state index < -0.39 is 0 Å². The number of hydrazone groups is 1. The maximum Gasteiger partial charge on any atom is 0.274 e. The topological polar surface area (TPSA) is 32.7 Å². The molecule has 1 amide bonds. The van der Waals surface area contributed by atoms with Gasteiger partial charge in [-0.25, -0.2) is 5.01 Å². The lowest BCUT2D eigenvalue weighted by Crippen LogP contribution is -2.17. The van der Waals surface area contributed by atoms with Crippen LogP contribution in [0.25, 0.3) is 11.1 Å². The van der Waals surface area contributed by atoms with Gasteiger partial charge in [-0.2, -0.15) is 5.10 Å². The van der Waals surface area contributed by atoms with Crippen molar-refractivity contribution in [2.75, 3.05) is 0 Å². The first-order valence-corrected chi connectivity index (χ1v) is 8.47. The number of hydrogen-bond acceptors (Lipinski definition) is 2. The Morgan fingerprint density at radius 2 is 1.40 bits per heavy atom. The van der Waals surface area contributed by atoms with Crippen LogP contribution in [0.2, 0.25) is 0 Å². The van der Waals surface area contributed by atoms with Crippen molar-refractivity contribution in [2.45, 2.75) is 12.5 Å². The van der Waals surface area contributed by atoms with Gasteiger partial charge < -0.3 is 0 Å². The monoisotopic (exact) mass is 324 g/mol. The van der Waals surface area contributed by atoms with E-state index in [2.05, 4.69) is 41.5 Å². The normalized spacial score (nSPS) is 18.1. The first-order chi connectivity index (χ1) is 12.3. The summed E-state index contributed by atoms with van der Waals surface area (Å²) in [7, 11) is 0. The molecule has 1 atom stereocenters. The van der Waals surface area contributed by atoms with Crippen molar-refractivity contribution in [1.29, 1.82) is 0 Å². The lowest BCUT2D eigenvalue weighted by Gasteiger charge is -2.10. The number of rotatable bonds is 2. The van der Waals surface area contributed by atoms with Crippen LogP contribution >= 0.6 is 0 Å². The first kappa shape index (κ1) is 14.2. The Bertz CT molecular complexity index is 990. The third-order valence-electron chi connectivity index (χ3n) is 4.99. The Morgan fingerprint density at radius 3 is 2.20 bits per heavy atom. The molecule has 0 saturated heterocycles. The number of hydrogen-bond donors (Lipinski definition) is 0. The van der Waals surface area contributed by atoms with Crippen molar-refractivity contribution in [2.24, 2.45) is 5.10 Å². The molecule has 25 heavy (non-hydrogen) atoms. The summed E-state index contributed by atoms with van der Waals surface area (Å²) in [6.45, 7) is 0. The largest absolute Gasteiger partial charge is 0.274 e. The molecule has 0 aromatic heterocycles. The highest BCUT2D eigenvalue weighted by Crippen LogP contribution is 2.41. The molecular weight excluding hydrogens is 308 g/mol. The average molecular weight is 324 g/mol. The van der Waals surface area contributed by atoms with Crippen molar-refractivity contribution in [3.8, 4) is 11.1 Å². The Morgan fingerprint density at radius 1 is 0.760 bits per heavy atom. The number of carbonyl (C=O) groups is 1. The van der Waals surface area contributed by atoms with Gasteiger partial charge in [0.2, 0.25) is 0 Å². The second kappa shape index (κ2) is 5.42. The second-order valence-corrected chi connectivity index (χ2v) is 6.45. The predicted octanol–water partition coefficient (Wildman–Crippen LogP) is 4.66. The van der Waals surface area contributed by atoms with E-state index in [1.807, 2.05) is 42.5 Å². The van der Waals surface area contributed by atoms with Gasteiger partial charge in [0, 0.05) is 12.0 Å². The number of amides is 1. The van der Waals surface area contributed by atoms with Gasteiger partial charge in [-0.1, -0.05) is 72.8 Å². The highest BCUT2D eigenvalue weighted by molar-refractivity contribution is 6.07. The van der Waals surface area contributed by atoms with Gasteiger partial charge >= 0.3 is 0 Å². The summed E-state index contributed by atoms with van der Waals surface area (Å²) in [5, 5.41) is 6.26. The van der Waals surface area contributed by atoms with Gasteiger partial charge in [0.25, 0.3) is 5.91 Å². The maximum atomic E-state index is 12.5. The molecule has 3 heteroatoms. The van der Waals surface area contributed by atoms with E-state index in [1.165, 1.54) is 11.1 Å². The van der Waals surface area contributed by atoms with Gasteiger partial charge in [-0.05, 0) is 28.3 Å². The van der Waals surface area contributed by atoms with E-state index in [4.69, 9.17) is 0 Å². The zero-order valence-corrected chi connectivity index (χ0v) is 13.6. The second-order valence-electron chi connectivity index (χ2n) is 6.45. The van der Waals surface area contributed by atoms with Gasteiger partial charge in [-0.3, -0.25) is 4.79 Å². The van der Waals surface area contributed by atoms with Crippen LogP contribution in [0.15, 0.2) is 84.0 Å². The molecule has 0 unspecified atom stereocenters. The van der Waals surface area contributed by atoms with Crippen LogP contribution in [-0.2, 0) is 0 Å². The van der Waals surface area contributed by atoms with Crippen molar-refractivity contribution in [1.82, 2.24) is 5.01 Å². The maximum absolute atomic E-state index is 12.5. The highest BCUT2D eigenvalue weighted by atomic mass is 16.2. The number of carbonyl (C=O) groups excluding carboxylic acids is 1. The third kappa shape index (κ3) is 2.20. The lowest BCUT2D eigenvalue weighted by molar-refractivity contribution is 0.0756. The van der Waals surface area contributed by atoms with Crippen LogP contribution < -0.4 is 0 Å². The van der Waals surface area contributed by atoms with Crippen LogP contribution in [0.5, 0.6) is 0 Å². The van der Waals surface area contributed by atoms with Crippen LogP contribution in [0, 0.1) is 0 Å². The number of benzene rings is 3. The standard InChI is InChI=1S/C22H16N2O/c25-22-19-9-5-4-8-18(19)21-14-20(23-24(21)22)17-12-10-16(11-13-17)15-6-2-1-3-7-15/h1-13,21H,14H2/t21-/m0/s1. The molecule has 0 N–H and O–H groups in total. The highest BCUT2D eigenvalue weighted by Gasteiger charge is 2.41. The molecule has 0 aliphatic carbocycles. The Kier molecular flexibility index (Phi) is 3.07. The minimum Gasteiger partial charge on any atom is -0.267 e. The quantitative estimate of drug-likeness (QED) is 0.675. The Hall–Kier alpha value is -3.20. The third-order valence-corrected chi connectivity index (χ3v) is 4.99. The SMILES string of the molecule is O=C1c2ccccc2[C@@H]2CC(c3ccc(-c4ccccc4)cc3)=NN12. The Balaban J connectivity index is 1.45. The fourth-order valence-electron chi connectivity index (χ4n) is 3.71. The van der Waals surface area contributed by atoms with E-state index in [9.17, 15) is 4.79 Å². The van der Waals surface area contributed by atoms with Crippen LogP contribution in [0.3, 0.4) is 0 Å². The van der Waals surface area contributed by atoms with Crippen LogP contribution in [0.4, 0.5) is 0 Å². The van der Waals surface area contributed by atoms with E-state index in [-0.39, 0.29) is 11.9 Å². The molecule has 5 rings (SSSR count). The summed E-state index contributed by atoms with van der Waals surface area (Å²) < 4.78 is 0. The molecule has 2 heterocycles. The summed E-state index contributed by atoms with van der Waals surface area (Å²) in [4.78, 5) is 12.5. The molecule has 0 fully saturated rings. The van der Waals surface area contributed by atoms with E-state index in [0.717, 1.165) is 28.8 Å². The minimum atomic E-state index is 0.0107. The predicted molar refractivity (Wildman–Crippen MR) is 98.4 cm³/mol. The van der Waals surface area contributed by atoms with Gasteiger partial charge in [0.15, 0.2) is 0 Å². The van der Waals surface area contributed by atoms with Crippen molar-refractivity contribution in [3.63, 3.8) is 0 Å². The first-order valence-electron chi connectivity index (χ1n) is 8.47. The molecule has 0 radical (unpaired) electrons. The zero-order chi connectivity index (χ0) is 16.8. The summed E-state index contributed by atoms with van der Waals surface area (Å²) in [6.07, 6.45) is 0.771. The summed E-state index contributed by atoms with van der Waals surface area (Å²) in [6, 6.07) is 26.6. The fraction of sp³-hybridized carbons (Fsp3) is 0.0909. The van der Waals surface area contributed by atoms with Crippen molar-refractivity contribution >= 4 is 11.6 Å². The molecule has 3 nitrogen and oxygen atoms in total. The summed E-state index contributed by atoms with van der Waals surface area (Å²) >= 11 is 0. The molecule has 0 saturated carbocycles. The molecule has 120 valence electrons. The van der Waals surface area contributed by atoms with Crippen molar-refractivity contribution < 1.29 is 4.79 Å². The number of nitrogens with zero attached hydrogens (tertiary/aromatic N) is 2. The van der Waals surface area contributed by atoms with Gasteiger partial charge in [-0.15, -0.1) is 0 Å². The molecule has 3 aromatic rings. The molecule has 0 bridgehead atoms. The molecule has 2 aliphatic rings. The smallest absolute Gasteiger partial charge is 0.267 e. The molecular formula is C22H16N2O. The van der Waals surface area contributed by atoms with E-state index in [0.29, 0.717) is 0 Å². The summed E-state index contributed by atoms with van der Waals surface area (Å²) in [5.41, 5.74) is 6.32. The Labute approximate surface area is 146 Å². The average Bonchev–Trinajstić information content (AvgIpc) is 3.23. The van der Waals surface area contributed by atoms with Gasteiger partial charge in [0.05, 0.1) is 11.8 Å². The zero-order valence-electron chi connectivity index (χ0n) is 13.6. The van der Waals surface area contributed by atoms with Crippen LogP contribution in [-0.4, -0.2) is 16.6 Å². The summed E-state index contributed by atoms with van der Waals surface area (Å²) in [5.74, 6) is 0.0107.